The number of nitrogens with zero attached hydrogens (tertiary/aromatic N) is 1. The first-order valence-electron chi connectivity index (χ1n) is 6.96. The Labute approximate surface area is 112 Å². The molecule has 0 radical (unpaired) electrons. The molecule has 2 saturated heterocycles. The van der Waals surface area contributed by atoms with E-state index in [4.69, 9.17) is 0 Å². The van der Waals surface area contributed by atoms with Crippen LogP contribution in [0.3, 0.4) is 0 Å². The molecule has 0 saturated carbocycles. The van der Waals surface area contributed by atoms with Gasteiger partial charge in [-0.25, -0.2) is 0 Å². The van der Waals surface area contributed by atoms with Gasteiger partial charge in [0.1, 0.15) is 0 Å². The van der Waals surface area contributed by atoms with Gasteiger partial charge in [0, 0.05) is 19.5 Å². The maximum absolute atomic E-state index is 12.2. The number of amides is 3. The molecule has 6 heteroatoms. The number of likely N-dealkylation sites (tertiary alicyclic amines) is 1. The minimum atomic E-state index is -0.443. The highest BCUT2D eigenvalue weighted by atomic mass is 16.2. The summed E-state index contributed by atoms with van der Waals surface area (Å²) >= 11 is 0. The van der Waals surface area contributed by atoms with Gasteiger partial charge in [-0.2, -0.15) is 0 Å². The molecule has 2 heterocycles. The van der Waals surface area contributed by atoms with Crippen molar-refractivity contribution in [2.45, 2.75) is 51.1 Å². The monoisotopic (exact) mass is 267 g/mol. The Morgan fingerprint density at radius 3 is 2.63 bits per heavy atom. The van der Waals surface area contributed by atoms with E-state index in [-0.39, 0.29) is 23.8 Å². The molecule has 0 aromatic rings. The molecule has 2 atom stereocenters. The van der Waals surface area contributed by atoms with Crippen molar-refractivity contribution in [1.82, 2.24) is 15.5 Å². The molecule has 19 heavy (non-hydrogen) atoms. The quantitative estimate of drug-likeness (QED) is 0.693. The molecule has 2 rings (SSSR count). The van der Waals surface area contributed by atoms with Gasteiger partial charge in [0.25, 0.3) is 0 Å². The topological polar surface area (TPSA) is 78.5 Å². The third kappa shape index (κ3) is 3.53. The normalized spacial score (nSPS) is 25.9. The van der Waals surface area contributed by atoms with Crippen LogP contribution < -0.4 is 10.6 Å². The summed E-state index contributed by atoms with van der Waals surface area (Å²) in [5, 5.41) is 5.32. The predicted octanol–water partition coefficient (Wildman–Crippen LogP) is -0.218. The number of carbonyl (C=O) groups is 3. The third-order valence-electron chi connectivity index (χ3n) is 3.73. The van der Waals surface area contributed by atoms with Gasteiger partial charge in [-0.15, -0.1) is 0 Å². The number of carbonyl (C=O) groups excluding carboxylic acids is 3. The Morgan fingerprint density at radius 1 is 1.32 bits per heavy atom. The highest BCUT2D eigenvalue weighted by molar-refractivity contribution is 6.00. The van der Waals surface area contributed by atoms with E-state index >= 15 is 0 Å². The minimum Gasteiger partial charge on any atom is -0.341 e. The zero-order valence-corrected chi connectivity index (χ0v) is 11.3. The molecule has 2 unspecified atom stereocenters. The lowest BCUT2D eigenvalue weighted by atomic mass is 10.0. The first kappa shape index (κ1) is 14.0. The van der Waals surface area contributed by atoms with Crippen LogP contribution in [0.4, 0.5) is 0 Å². The van der Waals surface area contributed by atoms with E-state index in [0.717, 1.165) is 25.9 Å². The Hall–Kier alpha value is -1.43. The van der Waals surface area contributed by atoms with E-state index in [1.54, 1.807) is 6.92 Å². The zero-order chi connectivity index (χ0) is 13.8. The summed E-state index contributed by atoms with van der Waals surface area (Å²) in [5.74, 6) is -0.517. The fourth-order valence-electron chi connectivity index (χ4n) is 2.61. The Morgan fingerprint density at radius 2 is 2.00 bits per heavy atom. The summed E-state index contributed by atoms with van der Waals surface area (Å²) in [7, 11) is 0. The summed E-state index contributed by atoms with van der Waals surface area (Å²) in [4.78, 5) is 36.7. The number of rotatable bonds is 3. The second-order valence-corrected chi connectivity index (χ2v) is 5.28. The van der Waals surface area contributed by atoms with Gasteiger partial charge >= 0.3 is 0 Å². The highest BCUT2D eigenvalue weighted by Gasteiger charge is 2.30. The second kappa shape index (κ2) is 6.14. The van der Waals surface area contributed by atoms with Crippen LogP contribution in [0, 0.1) is 0 Å². The smallest absolute Gasteiger partial charge is 0.243 e. The lowest BCUT2D eigenvalue weighted by Crippen LogP contribution is -2.56. The zero-order valence-electron chi connectivity index (χ0n) is 11.3. The molecule has 3 amide bonds. The van der Waals surface area contributed by atoms with Gasteiger partial charge in [0.2, 0.25) is 17.7 Å². The van der Waals surface area contributed by atoms with E-state index in [9.17, 15) is 14.4 Å². The molecule has 0 aliphatic carbocycles. The number of nitrogens with one attached hydrogen (secondary N) is 2. The summed E-state index contributed by atoms with van der Waals surface area (Å²) in [6.07, 6.45) is 4.07. The first-order chi connectivity index (χ1) is 9.08. The van der Waals surface area contributed by atoms with Crippen LogP contribution >= 0.6 is 0 Å². The van der Waals surface area contributed by atoms with Crippen LogP contribution in [-0.2, 0) is 14.4 Å². The molecule has 106 valence electrons. The van der Waals surface area contributed by atoms with Gasteiger partial charge in [0.05, 0.1) is 12.1 Å². The minimum absolute atomic E-state index is 0.0457. The van der Waals surface area contributed by atoms with Crippen molar-refractivity contribution in [3.05, 3.63) is 0 Å². The van der Waals surface area contributed by atoms with Crippen molar-refractivity contribution in [3.8, 4) is 0 Å². The summed E-state index contributed by atoms with van der Waals surface area (Å²) in [6, 6.07) is -0.830. The SMILES string of the molecule is CC(NC1CCC(=O)NC1=O)C(=O)N1CCCCC1. The fraction of sp³-hybridized carbons (Fsp3) is 0.769. The molecule has 2 N–H and O–H groups in total. The standard InChI is InChI=1S/C13H21N3O3/c1-9(13(19)16-7-3-2-4-8-16)14-10-5-6-11(17)15-12(10)18/h9-10,14H,2-8H2,1H3,(H,15,17,18). The predicted molar refractivity (Wildman–Crippen MR) is 69.2 cm³/mol. The number of piperidine rings is 2. The van der Waals surface area contributed by atoms with E-state index < -0.39 is 6.04 Å². The molecule has 0 aromatic heterocycles. The third-order valence-corrected chi connectivity index (χ3v) is 3.73. The van der Waals surface area contributed by atoms with Crippen molar-refractivity contribution >= 4 is 17.7 Å². The van der Waals surface area contributed by atoms with Gasteiger partial charge in [-0.3, -0.25) is 25.0 Å². The lowest BCUT2D eigenvalue weighted by molar-refractivity contribution is -0.136. The molecule has 0 spiro atoms. The van der Waals surface area contributed by atoms with E-state index in [1.807, 2.05) is 4.90 Å². The average Bonchev–Trinajstić information content (AvgIpc) is 2.42. The molecular weight excluding hydrogens is 246 g/mol. The summed E-state index contributed by atoms with van der Waals surface area (Å²) in [5.41, 5.74) is 0. The molecule has 2 aliphatic rings. The van der Waals surface area contributed by atoms with Crippen molar-refractivity contribution in [3.63, 3.8) is 0 Å². The first-order valence-corrected chi connectivity index (χ1v) is 6.96. The van der Waals surface area contributed by atoms with Crippen LogP contribution in [0.2, 0.25) is 0 Å². The van der Waals surface area contributed by atoms with Crippen LogP contribution in [0.5, 0.6) is 0 Å². The van der Waals surface area contributed by atoms with Crippen molar-refractivity contribution in [2.75, 3.05) is 13.1 Å². The van der Waals surface area contributed by atoms with Gasteiger partial charge in [-0.05, 0) is 32.6 Å². The maximum atomic E-state index is 12.2. The molecule has 0 aromatic carbocycles. The molecular formula is C13H21N3O3. The van der Waals surface area contributed by atoms with Crippen molar-refractivity contribution in [1.29, 1.82) is 0 Å². The molecule has 0 bridgehead atoms. The van der Waals surface area contributed by atoms with Gasteiger partial charge in [-0.1, -0.05) is 0 Å². The average molecular weight is 267 g/mol. The Bertz CT molecular complexity index is 377. The number of hydrogen-bond donors (Lipinski definition) is 2. The van der Waals surface area contributed by atoms with Crippen LogP contribution in [0.1, 0.15) is 39.0 Å². The number of imide groups is 1. The summed E-state index contributed by atoms with van der Waals surface area (Å²) in [6.45, 7) is 3.39. The van der Waals surface area contributed by atoms with Crippen LogP contribution in [0.25, 0.3) is 0 Å². The van der Waals surface area contributed by atoms with Crippen LogP contribution in [0.15, 0.2) is 0 Å². The Balaban J connectivity index is 1.85. The van der Waals surface area contributed by atoms with Crippen LogP contribution in [-0.4, -0.2) is 47.8 Å². The van der Waals surface area contributed by atoms with Gasteiger partial charge in [0.15, 0.2) is 0 Å². The Kier molecular flexibility index (Phi) is 4.52. The van der Waals surface area contributed by atoms with Crippen molar-refractivity contribution < 1.29 is 14.4 Å². The summed E-state index contributed by atoms with van der Waals surface area (Å²) < 4.78 is 0. The lowest BCUT2D eigenvalue weighted by Gasteiger charge is -2.31. The van der Waals surface area contributed by atoms with Crippen molar-refractivity contribution in [2.24, 2.45) is 0 Å². The number of hydrogen-bond acceptors (Lipinski definition) is 4. The molecule has 2 fully saturated rings. The van der Waals surface area contributed by atoms with E-state index in [1.165, 1.54) is 6.42 Å². The molecule has 2 aliphatic heterocycles. The second-order valence-electron chi connectivity index (χ2n) is 5.28. The van der Waals surface area contributed by atoms with Gasteiger partial charge < -0.3 is 4.90 Å². The highest BCUT2D eigenvalue weighted by Crippen LogP contribution is 2.11. The van der Waals surface area contributed by atoms with E-state index in [2.05, 4.69) is 10.6 Å². The van der Waals surface area contributed by atoms with E-state index in [0.29, 0.717) is 12.8 Å². The largest absolute Gasteiger partial charge is 0.341 e. The molecule has 6 nitrogen and oxygen atoms in total. The maximum Gasteiger partial charge on any atom is 0.243 e. The fourth-order valence-corrected chi connectivity index (χ4v) is 2.61.